The number of ketones is 1. The van der Waals surface area contributed by atoms with Crippen LogP contribution in [-0.2, 0) is 0 Å². The topological polar surface area (TPSA) is 30.0 Å². The van der Waals surface area contributed by atoms with E-state index in [0.29, 0.717) is 11.3 Å². The first-order chi connectivity index (χ1) is 11.3. The largest absolute Gasteiger partial charge is 0.287 e. The van der Waals surface area contributed by atoms with Crippen LogP contribution < -0.4 is 0 Å². The number of hydrogen-bond acceptors (Lipinski definition) is 2. The van der Waals surface area contributed by atoms with Gasteiger partial charge in [-0.3, -0.25) is 4.79 Å². The number of hydrogen-bond donors (Lipinski definition) is 0. The summed E-state index contributed by atoms with van der Waals surface area (Å²) >= 11 is 3.46. The lowest BCUT2D eigenvalue weighted by Crippen LogP contribution is -2.06. The van der Waals surface area contributed by atoms with E-state index in [9.17, 15) is 4.79 Å². The molecule has 23 heavy (non-hydrogen) atoms. The second-order valence-electron chi connectivity index (χ2n) is 5.33. The molecule has 0 aliphatic rings. The highest BCUT2D eigenvalue weighted by molar-refractivity contribution is 9.10. The van der Waals surface area contributed by atoms with Gasteiger partial charge in [-0.25, -0.2) is 4.98 Å². The molecule has 110 valence electrons. The Morgan fingerprint density at radius 3 is 2.13 bits per heavy atom. The summed E-state index contributed by atoms with van der Waals surface area (Å²) in [5, 5.41) is 2.99. The Kier molecular flexibility index (Phi) is 3.43. The number of fused-ring (bicyclic) bond motifs is 3. The maximum Gasteiger partial charge on any atom is 0.213 e. The van der Waals surface area contributed by atoms with Crippen LogP contribution in [0.3, 0.4) is 0 Å². The van der Waals surface area contributed by atoms with Crippen molar-refractivity contribution in [1.29, 1.82) is 0 Å². The predicted octanol–water partition coefficient (Wildman–Crippen LogP) is 5.38. The Morgan fingerprint density at radius 1 is 0.739 bits per heavy atom. The minimum Gasteiger partial charge on any atom is -0.287 e. The fraction of sp³-hybridized carbons (Fsp3) is 0. The number of carbonyl (C=O) groups excluding carboxylic acids is 1. The van der Waals surface area contributed by atoms with Crippen molar-refractivity contribution in [2.24, 2.45) is 0 Å². The summed E-state index contributed by atoms with van der Waals surface area (Å²) in [5.74, 6) is -0.0700. The quantitative estimate of drug-likeness (QED) is 0.354. The van der Waals surface area contributed by atoms with E-state index in [-0.39, 0.29) is 5.78 Å². The van der Waals surface area contributed by atoms with Crippen LogP contribution in [0.15, 0.2) is 77.3 Å². The average Bonchev–Trinajstić information content (AvgIpc) is 2.61. The molecule has 0 fully saturated rings. The van der Waals surface area contributed by atoms with Crippen molar-refractivity contribution in [1.82, 2.24) is 4.98 Å². The summed E-state index contributed by atoms with van der Waals surface area (Å²) in [4.78, 5) is 17.7. The molecule has 0 bridgehead atoms. The maximum atomic E-state index is 13.0. The molecule has 0 saturated heterocycles. The van der Waals surface area contributed by atoms with Gasteiger partial charge in [0.1, 0.15) is 5.69 Å². The fourth-order valence-corrected chi connectivity index (χ4v) is 3.31. The Hall–Kier alpha value is -2.52. The van der Waals surface area contributed by atoms with Crippen LogP contribution in [0.5, 0.6) is 0 Å². The first kappa shape index (κ1) is 14.1. The van der Waals surface area contributed by atoms with Gasteiger partial charge in [0.25, 0.3) is 0 Å². The van der Waals surface area contributed by atoms with E-state index in [4.69, 9.17) is 0 Å². The first-order valence-electron chi connectivity index (χ1n) is 7.32. The number of nitrogens with zero attached hydrogens (tertiary/aromatic N) is 1. The normalized spacial score (nSPS) is 11.0. The molecule has 0 saturated carbocycles. The maximum absolute atomic E-state index is 13.0. The second-order valence-corrected chi connectivity index (χ2v) is 6.19. The standard InChI is InChI=1S/C20H12BrNO/c21-17-11-5-3-10-16(17)20(23)19-15-9-2-1-7-13(15)14-8-4-6-12-18(14)22-19/h1-12H. The van der Waals surface area contributed by atoms with Gasteiger partial charge >= 0.3 is 0 Å². The van der Waals surface area contributed by atoms with Crippen LogP contribution in [0, 0.1) is 0 Å². The van der Waals surface area contributed by atoms with E-state index in [1.165, 1.54) is 0 Å². The Balaban J connectivity index is 2.06. The molecule has 0 atom stereocenters. The van der Waals surface area contributed by atoms with Crippen LogP contribution in [0.4, 0.5) is 0 Å². The molecule has 0 aliphatic heterocycles. The van der Waals surface area contributed by atoms with Gasteiger partial charge in [0.15, 0.2) is 0 Å². The number of rotatable bonds is 2. The second kappa shape index (κ2) is 5.60. The third-order valence-electron chi connectivity index (χ3n) is 3.94. The molecule has 2 nitrogen and oxygen atoms in total. The van der Waals surface area contributed by atoms with Crippen molar-refractivity contribution in [3.8, 4) is 0 Å². The van der Waals surface area contributed by atoms with Gasteiger partial charge in [-0.05, 0) is 23.6 Å². The van der Waals surface area contributed by atoms with Gasteiger partial charge in [0.05, 0.1) is 5.52 Å². The van der Waals surface area contributed by atoms with Gasteiger partial charge in [0, 0.05) is 20.8 Å². The van der Waals surface area contributed by atoms with Crippen LogP contribution >= 0.6 is 15.9 Å². The van der Waals surface area contributed by atoms with Gasteiger partial charge in [0.2, 0.25) is 5.78 Å². The summed E-state index contributed by atoms with van der Waals surface area (Å²) in [6.07, 6.45) is 0. The zero-order chi connectivity index (χ0) is 15.8. The summed E-state index contributed by atoms with van der Waals surface area (Å²) in [7, 11) is 0. The smallest absolute Gasteiger partial charge is 0.213 e. The van der Waals surface area contributed by atoms with E-state index >= 15 is 0 Å². The van der Waals surface area contributed by atoms with E-state index in [2.05, 4.69) is 20.9 Å². The summed E-state index contributed by atoms with van der Waals surface area (Å²) in [5.41, 5.74) is 1.95. The Morgan fingerprint density at radius 2 is 1.35 bits per heavy atom. The number of pyridine rings is 1. The number of halogens is 1. The molecule has 0 unspecified atom stereocenters. The van der Waals surface area contributed by atoms with Crippen LogP contribution in [0.1, 0.15) is 16.1 Å². The lowest BCUT2D eigenvalue weighted by Gasteiger charge is -2.09. The van der Waals surface area contributed by atoms with Crippen molar-refractivity contribution >= 4 is 43.4 Å². The average molecular weight is 362 g/mol. The van der Waals surface area contributed by atoms with E-state index in [1.807, 2.05) is 72.8 Å². The lowest BCUT2D eigenvalue weighted by atomic mass is 9.99. The van der Waals surface area contributed by atoms with Gasteiger partial charge < -0.3 is 0 Å². The summed E-state index contributed by atoms with van der Waals surface area (Å²) in [6.45, 7) is 0. The summed E-state index contributed by atoms with van der Waals surface area (Å²) in [6, 6.07) is 23.3. The molecule has 1 aromatic heterocycles. The number of aromatic nitrogens is 1. The van der Waals surface area contributed by atoms with Crippen molar-refractivity contribution in [3.63, 3.8) is 0 Å². The van der Waals surface area contributed by atoms with E-state index < -0.39 is 0 Å². The van der Waals surface area contributed by atoms with Crippen LogP contribution in [0.25, 0.3) is 21.7 Å². The molecule has 0 aliphatic carbocycles. The van der Waals surface area contributed by atoms with Crippen LogP contribution in [0.2, 0.25) is 0 Å². The molecule has 4 aromatic rings. The SMILES string of the molecule is O=C(c1ccccc1Br)c1nc2ccccc2c2ccccc12. The van der Waals surface area contributed by atoms with Crippen molar-refractivity contribution in [2.45, 2.75) is 0 Å². The highest BCUT2D eigenvalue weighted by Gasteiger charge is 2.18. The zero-order valence-electron chi connectivity index (χ0n) is 12.2. The molecule has 3 heteroatoms. The van der Waals surface area contributed by atoms with Gasteiger partial charge in [-0.1, -0.05) is 70.5 Å². The summed E-state index contributed by atoms with van der Waals surface area (Å²) < 4.78 is 0.782. The van der Waals surface area contributed by atoms with Crippen molar-refractivity contribution in [2.75, 3.05) is 0 Å². The molecule has 0 N–H and O–H groups in total. The molecule has 0 radical (unpaired) electrons. The monoisotopic (exact) mass is 361 g/mol. The predicted molar refractivity (Wildman–Crippen MR) is 96.8 cm³/mol. The Bertz CT molecular complexity index is 1060. The van der Waals surface area contributed by atoms with E-state index in [0.717, 1.165) is 26.1 Å². The molecular weight excluding hydrogens is 350 g/mol. The molecule has 1 heterocycles. The number of carbonyl (C=O) groups is 1. The third-order valence-corrected chi connectivity index (χ3v) is 4.63. The van der Waals surface area contributed by atoms with Crippen molar-refractivity contribution < 1.29 is 4.79 Å². The number of benzene rings is 3. The fourth-order valence-electron chi connectivity index (χ4n) is 2.85. The zero-order valence-corrected chi connectivity index (χ0v) is 13.7. The molecule has 3 aromatic carbocycles. The third kappa shape index (κ3) is 2.34. The Labute approximate surface area is 141 Å². The van der Waals surface area contributed by atoms with E-state index in [1.54, 1.807) is 0 Å². The molecular formula is C20H12BrNO. The van der Waals surface area contributed by atoms with Gasteiger partial charge in [-0.15, -0.1) is 0 Å². The number of para-hydroxylation sites is 1. The molecule has 0 spiro atoms. The minimum atomic E-state index is -0.0700. The van der Waals surface area contributed by atoms with Crippen molar-refractivity contribution in [3.05, 3.63) is 88.5 Å². The van der Waals surface area contributed by atoms with Gasteiger partial charge in [-0.2, -0.15) is 0 Å². The molecule has 0 amide bonds. The first-order valence-corrected chi connectivity index (χ1v) is 8.12. The highest BCUT2D eigenvalue weighted by Crippen LogP contribution is 2.29. The lowest BCUT2D eigenvalue weighted by molar-refractivity contribution is 0.103. The minimum absolute atomic E-state index is 0.0700. The molecule has 4 rings (SSSR count). The highest BCUT2D eigenvalue weighted by atomic mass is 79.9. The van der Waals surface area contributed by atoms with Crippen LogP contribution in [-0.4, -0.2) is 10.8 Å².